The second-order valence-electron chi connectivity index (χ2n) is 6.82. The third kappa shape index (κ3) is 3.96. The van der Waals surface area contributed by atoms with Gasteiger partial charge < -0.3 is 10.2 Å². The minimum Gasteiger partial charge on any atom is -0.316 e. The van der Waals surface area contributed by atoms with E-state index in [0.29, 0.717) is 5.41 Å². The topological polar surface area (TPSA) is 15.3 Å². The molecule has 1 saturated carbocycles. The number of hydrogen-bond donors (Lipinski definition) is 1. The number of rotatable bonds is 5. The molecule has 2 rings (SSSR count). The van der Waals surface area contributed by atoms with E-state index in [4.69, 9.17) is 0 Å². The fourth-order valence-corrected chi connectivity index (χ4v) is 3.90. The molecule has 0 spiro atoms. The molecule has 0 bridgehead atoms. The van der Waals surface area contributed by atoms with Gasteiger partial charge in [0.1, 0.15) is 0 Å². The first-order valence-electron chi connectivity index (χ1n) is 8.17. The standard InChI is InChI=1S/C16H32N2/c1-3-17-13-16(9-6-4-5-7-10-16)14-18-11-8-15(2)12-18/h15,17H,3-14H2,1-2H3. The van der Waals surface area contributed by atoms with Gasteiger partial charge in [0, 0.05) is 19.6 Å². The van der Waals surface area contributed by atoms with Gasteiger partial charge >= 0.3 is 0 Å². The molecule has 1 atom stereocenters. The Kier molecular flexibility index (Phi) is 5.50. The lowest BCUT2D eigenvalue weighted by Gasteiger charge is -2.37. The summed E-state index contributed by atoms with van der Waals surface area (Å²) >= 11 is 0. The molecular formula is C16H32N2. The van der Waals surface area contributed by atoms with Crippen LogP contribution in [0.25, 0.3) is 0 Å². The monoisotopic (exact) mass is 252 g/mol. The molecule has 0 radical (unpaired) electrons. The fraction of sp³-hybridized carbons (Fsp3) is 1.00. The van der Waals surface area contributed by atoms with Gasteiger partial charge in [0.05, 0.1) is 0 Å². The molecule has 2 heteroatoms. The van der Waals surface area contributed by atoms with Crippen molar-refractivity contribution in [1.29, 1.82) is 0 Å². The fourth-order valence-electron chi connectivity index (χ4n) is 3.90. The van der Waals surface area contributed by atoms with Gasteiger partial charge in [-0.1, -0.05) is 39.5 Å². The highest BCUT2D eigenvalue weighted by atomic mass is 15.2. The van der Waals surface area contributed by atoms with Crippen LogP contribution in [-0.4, -0.2) is 37.6 Å². The summed E-state index contributed by atoms with van der Waals surface area (Å²) in [6.07, 6.45) is 10.1. The SMILES string of the molecule is CCNCC1(CN2CCC(C)C2)CCCCCC1. The number of nitrogens with zero attached hydrogens (tertiary/aromatic N) is 1. The maximum Gasteiger partial charge on any atom is 0.00503 e. The molecule has 0 aromatic heterocycles. The number of hydrogen-bond acceptors (Lipinski definition) is 2. The number of likely N-dealkylation sites (tertiary alicyclic amines) is 1. The summed E-state index contributed by atoms with van der Waals surface area (Å²) in [5.41, 5.74) is 0.580. The number of nitrogens with one attached hydrogen (secondary N) is 1. The Morgan fingerprint density at radius 3 is 2.44 bits per heavy atom. The van der Waals surface area contributed by atoms with Crippen LogP contribution in [0.1, 0.15) is 58.8 Å². The molecule has 1 saturated heterocycles. The lowest BCUT2D eigenvalue weighted by molar-refractivity contribution is 0.143. The van der Waals surface area contributed by atoms with Crippen molar-refractivity contribution in [3.63, 3.8) is 0 Å². The largest absolute Gasteiger partial charge is 0.316 e. The predicted octanol–water partition coefficient (Wildman–Crippen LogP) is 3.28. The summed E-state index contributed by atoms with van der Waals surface area (Å²) < 4.78 is 0. The van der Waals surface area contributed by atoms with E-state index in [1.807, 2.05) is 0 Å². The molecule has 0 aromatic carbocycles. The van der Waals surface area contributed by atoms with Crippen molar-refractivity contribution < 1.29 is 0 Å². The Hall–Kier alpha value is -0.0800. The zero-order valence-electron chi connectivity index (χ0n) is 12.5. The van der Waals surface area contributed by atoms with E-state index in [1.54, 1.807) is 0 Å². The van der Waals surface area contributed by atoms with Gasteiger partial charge in [-0.05, 0) is 43.7 Å². The van der Waals surface area contributed by atoms with Gasteiger partial charge in [0.2, 0.25) is 0 Å². The van der Waals surface area contributed by atoms with Crippen LogP contribution in [0.3, 0.4) is 0 Å². The zero-order valence-corrected chi connectivity index (χ0v) is 12.5. The van der Waals surface area contributed by atoms with Crippen molar-refractivity contribution in [2.75, 3.05) is 32.7 Å². The van der Waals surface area contributed by atoms with E-state index >= 15 is 0 Å². The van der Waals surface area contributed by atoms with Gasteiger partial charge in [-0.25, -0.2) is 0 Å². The third-order valence-corrected chi connectivity index (χ3v) is 4.98. The molecule has 2 nitrogen and oxygen atoms in total. The average molecular weight is 252 g/mol. The average Bonchev–Trinajstić information content (AvgIpc) is 2.63. The van der Waals surface area contributed by atoms with Gasteiger partial charge in [-0.15, -0.1) is 0 Å². The Labute approximate surface area is 114 Å². The summed E-state index contributed by atoms with van der Waals surface area (Å²) in [6.45, 7) is 11.0. The molecule has 1 heterocycles. The summed E-state index contributed by atoms with van der Waals surface area (Å²) in [7, 11) is 0. The highest BCUT2D eigenvalue weighted by Crippen LogP contribution is 2.36. The Morgan fingerprint density at radius 1 is 1.17 bits per heavy atom. The van der Waals surface area contributed by atoms with Crippen molar-refractivity contribution in [3.8, 4) is 0 Å². The van der Waals surface area contributed by atoms with Crippen molar-refractivity contribution in [2.24, 2.45) is 11.3 Å². The van der Waals surface area contributed by atoms with Crippen LogP contribution in [0.5, 0.6) is 0 Å². The lowest BCUT2D eigenvalue weighted by Crippen LogP contribution is -2.43. The quantitative estimate of drug-likeness (QED) is 0.755. The molecule has 2 aliphatic rings. The molecule has 1 aliphatic heterocycles. The normalized spacial score (nSPS) is 29.3. The van der Waals surface area contributed by atoms with Crippen LogP contribution in [0.2, 0.25) is 0 Å². The Bertz CT molecular complexity index is 231. The maximum absolute atomic E-state index is 3.65. The predicted molar refractivity (Wildman–Crippen MR) is 78.9 cm³/mol. The van der Waals surface area contributed by atoms with Gasteiger partial charge in [-0.3, -0.25) is 0 Å². The minimum absolute atomic E-state index is 0.580. The highest BCUT2D eigenvalue weighted by molar-refractivity contribution is 4.88. The summed E-state index contributed by atoms with van der Waals surface area (Å²) in [4.78, 5) is 2.74. The summed E-state index contributed by atoms with van der Waals surface area (Å²) in [5, 5.41) is 3.65. The second kappa shape index (κ2) is 6.91. The van der Waals surface area contributed by atoms with Crippen LogP contribution < -0.4 is 5.32 Å². The molecule has 0 amide bonds. The van der Waals surface area contributed by atoms with E-state index in [-0.39, 0.29) is 0 Å². The highest BCUT2D eigenvalue weighted by Gasteiger charge is 2.34. The van der Waals surface area contributed by atoms with Crippen LogP contribution >= 0.6 is 0 Å². The Morgan fingerprint density at radius 2 is 1.89 bits per heavy atom. The second-order valence-corrected chi connectivity index (χ2v) is 6.82. The van der Waals surface area contributed by atoms with E-state index in [2.05, 4.69) is 24.1 Å². The molecule has 18 heavy (non-hydrogen) atoms. The molecule has 2 fully saturated rings. The molecule has 0 aromatic rings. The van der Waals surface area contributed by atoms with Crippen LogP contribution in [0.15, 0.2) is 0 Å². The molecule has 106 valence electrons. The summed E-state index contributed by atoms with van der Waals surface area (Å²) in [5.74, 6) is 0.923. The van der Waals surface area contributed by atoms with E-state index in [9.17, 15) is 0 Å². The minimum atomic E-state index is 0.580. The van der Waals surface area contributed by atoms with E-state index in [0.717, 1.165) is 12.5 Å². The van der Waals surface area contributed by atoms with Crippen LogP contribution in [0, 0.1) is 11.3 Å². The van der Waals surface area contributed by atoms with Crippen molar-refractivity contribution >= 4 is 0 Å². The maximum atomic E-state index is 3.65. The van der Waals surface area contributed by atoms with Crippen LogP contribution in [-0.2, 0) is 0 Å². The smallest absolute Gasteiger partial charge is 0.00503 e. The van der Waals surface area contributed by atoms with Gasteiger partial charge in [0.15, 0.2) is 0 Å². The third-order valence-electron chi connectivity index (χ3n) is 4.98. The zero-order chi connectivity index (χ0) is 12.8. The van der Waals surface area contributed by atoms with Crippen molar-refractivity contribution in [1.82, 2.24) is 10.2 Å². The van der Waals surface area contributed by atoms with Crippen molar-refractivity contribution in [2.45, 2.75) is 58.8 Å². The molecule has 1 aliphatic carbocycles. The molecule has 1 N–H and O–H groups in total. The van der Waals surface area contributed by atoms with E-state index < -0.39 is 0 Å². The summed E-state index contributed by atoms with van der Waals surface area (Å²) in [6, 6.07) is 0. The molecule has 1 unspecified atom stereocenters. The first-order chi connectivity index (χ1) is 8.74. The van der Waals surface area contributed by atoms with Crippen molar-refractivity contribution in [3.05, 3.63) is 0 Å². The first-order valence-corrected chi connectivity index (χ1v) is 8.17. The Balaban J connectivity index is 1.94. The molecular weight excluding hydrogens is 220 g/mol. The lowest BCUT2D eigenvalue weighted by atomic mass is 9.79. The first kappa shape index (κ1) is 14.3. The van der Waals surface area contributed by atoms with Gasteiger partial charge in [-0.2, -0.15) is 0 Å². The van der Waals surface area contributed by atoms with E-state index in [1.165, 1.54) is 71.1 Å². The van der Waals surface area contributed by atoms with Gasteiger partial charge in [0.25, 0.3) is 0 Å². The van der Waals surface area contributed by atoms with Crippen LogP contribution in [0.4, 0.5) is 0 Å².